The number of amides is 1. The third-order valence-electron chi connectivity index (χ3n) is 3.12. The average Bonchev–Trinajstić information content (AvgIpc) is 2.37. The number of hydrogen-bond acceptors (Lipinski definition) is 1. The Labute approximate surface area is 90.9 Å². The van der Waals surface area contributed by atoms with Crippen LogP contribution >= 0.6 is 0 Å². The summed E-state index contributed by atoms with van der Waals surface area (Å²) in [7, 11) is 0. The van der Waals surface area contributed by atoms with Crippen LogP contribution in [0, 0.1) is 5.92 Å². The van der Waals surface area contributed by atoms with E-state index in [0.29, 0.717) is 0 Å². The maximum atomic E-state index is 12.0. The fraction of sp³-hybridized carbons (Fsp3) is 0.462. The molecule has 1 unspecified atom stereocenters. The predicted molar refractivity (Wildman–Crippen MR) is 60.4 cm³/mol. The first-order valence-electron chi connectivity index (χ1n) is 5.58. The van der Waals surface area contributed by atoms with Crippen LogP contribution < -0.4 is 0 Å². The molecule has 1 heterocycles. The summed E-state index contributed by atoms with van der Waals surface area (Å²) in [6.45, 7) is 5.64. The van der Waals surface area contributed by atoms with Crippen molar-refractivity contribution >= 4 is 5.91 Å². The summed E-state index contributed by atoms with van der Waals surface area (Å²) in [6, 6.07) is 8.37. The Morgan fingerprint density at radius 2 is 2.00 bits per heavy atom. The van der Waals surface area contributed by atoms with Crippen molar-refractivity contribution in [3.8, 4) is 0 Å². The highest BCUT2D eigenvalue weighted by atomic mass is 16.2. The van der Waals surface area contributed by atoms with E-state index in [1.54, 1.807) is 0 Å². The second kappa shape index (κ2) is 4.05. The third kappa shape index (κ3) is 1.89. The highest BCUT2D eigenvalue weighted by Crippen LogP contribution is 2.22. The van der Waals surface area contributed by atoms with E-state index in [0.717, 1.165) is 19.5 Å². The van der Waals surface area contributed by atoms with Gasteiger partial charge in [-0.05, 0) is 24.5 Å². The zero-order valence-electron chi connectivity index (χ0n) is 9.36. The highest BCUT2D eigenvalue weighted by molar-refractivity contribution is 5.79. The lowest BCUT2D eigenvalue weighted by atomic mass is 9.98. The van der Waals surface area contributed by atoms with E-state index in [4.69, 9.17) is 0 Å². The molecule has 2 rings (SSSR count). The van der Waals surface area contributed by atoms with Gasteiger partial charge >= 0.3 is 0 Å². The average molecular weight is 203 g/mol. The van der Waals surface area contributed by atoms with Crippen molar-refractivity contribution in [3.63, 3.8) is 0 Å². The Kier molecular flexibility index (Phi) is 2.76. The topological polar surface area (TPSA) is 20.3 Å². The van der Waals surface area contributed by atoms with Gasteiger partial charge in [0.25, 0.3) is 0 Å². The standard InChI is InChI=1S/C13H17NO/c1-3-14-9-12-7-5-4-6-11(12)8-10(2)13(14)15/h4-7,10H,3,8-9H2,1-2H3. The summed E-state index contributed by atoms with van der Waals surface area (Å²) >= 11 is 0. The minimum Gasteiger partial charge on any atom is -0.338 e. The van der Waals surface area contributed by atoms with Gasteiger partial charge in [-0.1, -0.05) is 31.2 Å². The van der Waals surface area contributed by atoms with E-state index in [1.807, 2.05) is 24.8 Å². The van der Waals surface area contributed by atoms with Gasteiger partial charge < -0.3 is 4.90 Å². The lowest BCUT2D eigenvalue weighted by Gasteiger charge is -2.20. The van der Waals surface area contributed by atoms with Crippen LogP contribution in [0.5, 0.6) is 0 Å². The van der Waals surface area contributed by atoms with E-state index < -0.39 is 0 Å². The van der Waals surface area contributed by atoms with Gasteiger partial charge in [-0.2, -0.15) is 0 Å². The number of rotatable bonds is 1. The SMILES string of the molecule is CCN1Cc2ccccc2CC(C)C1=O. The molecule has 15 heavy (non-hydrogen) atoms. The molecule has 0 N–H and O–H groups in total. The van der Waals surface area contributed by atoms with Crippen molar-refractivity contribution in [1.82, 2.24) is 4.90 Å². The lowest BCUT2D eigenvalue weighted by molar-refractivity contribution is -0.134. The molecular formula is C13H17NO. The van der Waals surface area contributed by atoms with Gasteiger partial charge in [0, 0.05) is 19.0 Å². The first kappa shape index (κ1) is 10.2. The number of nitrogens with zero attached hydrogens (tertiary/aromatic N) is 1. The van der Waals surface area contributed by atoms with Crippen LogP contribution in [0.1, 0.15) is 25.0 Å². The molecule has 0 radical (unpaired) electrons. The molecular weight excluding hydrogens is 186 g/mol. The largest absolute Gasteiger partial charge is 0.338 e. The molecule has 2 nitrogen and oxygen atoms in total. The van der Waals surface area contributed by atoms with Crippen molar-refractivity contribution in [2.24, 2.45) is 5.92 Å². The Balaban J connectivity index is 2.37. The van der Waals surface area contributed by atoms with Crippen LogP contribution in [0.4, 0.5) is 0 Å². The molecule has 1 amide bonds. The molecule has 0 saturated heterocycles. The van der Waals surface area contributed by atoms with Crippen LogP contribution in [0.15, 0.2) is 24.3 Å². The van der Waals surface area contributed by atoms with Gasteiger partial charge in [0.2, 0.25) is 5.91 Å². The van der Waals surface area contributed by atoms with Crippen molar-refractivity contribution in [3.05, 3.63) is 35.4 Å². The van der Waals surface area contributed by atoms with Crippen LogP contribution in [0.3, 0.4) is 0 Å². The van der Waals surface area contributed by atoms with Gasteiger partial charge in [0.05, 0.1) is 0 Å². The predicted octanol–water partition coefficient (Wildman–Crippen LogP) is 2.23. The maximum absolute atomic E-state index is 12.0. The van der Waals surface area contributed by atoms with Crippen molar-refractivity contribution in [1.29, 1.82) is 0 Å². The summed E-state index contributed by atoms with van der Waals surface area (Å²) < 4.78 is 0. The van der Waals surface area contributed by atoms with Gasteiger partial charge in [-0.15, -0.1) is 0 Å². The second-order valence-electron chi connectivity index (χ2n) is 4.23. The third-order valence-corrected chi connectivity index (χ3v) is 3.12. The molecule has 0 aromatic heterocycles. The molecule has 0 aliphatic carbocycles. The first-order chi connectivity index (χ1) is 7.22. The minimum absolute atomic E-state index is 0.119. The Hall–Kier alpha value is -1.31. The molecule has 1 aliphatic rings. The monoisotopic (exact) mass is 203 g/mol. The number of hydrogen-bond donors (Lipinski definition) is 0. The molecule has 0 saturated carbocycles. The number of carbonyl (C=O) groups is 1. The molecule has 0 spiro atoms. The Morgan fingerprint density at radius 1 is 1.33 bits per heavy atom. The zero-order chi connectivity index (χ0) is 10.8. The highest BCUT2D eigenvalue weighted by Gasteiger charge is 2.24. The maximum Gasteiger partial charge on any atom is 0.226 e. The van der Waals surface area contributed by atoms with Gasteiger partial charge in [-0.25, -0.2) is 0 Å². The Morgan fingerprint density at radius 3 is 2.67 bits per heavy atom. The summed E-state index contributed by atoms with van der Waals surface area (Å²) in [6.07, 6.45) is 0.880. The van der Waals surface area contributed by atoms with Crippen molar-refractivity contribution in [2.45, 2.75) is 26.8 Å². The van der Waals surface area contributed by atoms with Crippen LogP contribution in [0.25, 0.3) is 0 Å². The molecule has 80 valence electrons. The van der Waals surface area contributed by atoms with Gasteiger partial charge in [0.1, 0.15) is 0 Å². The van der Waals surface area contributed by atoms with Crippen molar-refractivity contribution in [2.75, 3.05) is 6.54 Å². The molecule has 1 aliphatic heterocycles. The quantitative estimate of drug-likeness (QED) is 0.685. The summed E-state index contributed by atoms with van der Waals surface area (Å²) in [5.74, 6) is 0.405. The van der Waals surface area contributed by atoms with Gasteiger partial charge in [0.15, 0.2) is 0 Å². The van der Waals surface area contributed by atoms with E-state index in [-0.39, 0.29) is 11.8 Å². The normalized spacial score (nSPS) is 21.1. The van der Waals surface area contributed by atoms with E-state index in [1.165, 1.54) is 11.1 Å². The van der Waals surface area contributed by atoms with E-state index >= 15 is 0 Å². The molecule has 1 aromatic carbocycles. The summed E-state index contributed by atoms with van der Waals surface area (Å²) in [5.41, 5.74) is 2.63. The molecule has 1 atom stereocenters. The first-order valence-corrected chi connectivity index (χ1v) is 5.58. The second-order valence-corrected chi connectivity index (χ2v) is 4.23. The minimum atomic E-state index is 0.119. The zero-order valence-corrected chi connectivity index (χ0v) is 9.36. The number of carbonyl (C=O) groups excluding carboxylic acids is 1. The van der Waals surface area contributed by atoms with Gasteiger partial charge in [-0.3, -0.25) is 4.79 Å². The molecule has 0 bridgehead atoms. The van der Waals surface area contributed by atoms with Crippen LogP contribution in [-0.4, -0.2) is 17.4 Å². The molecule has 1 aromatic rings. The van der Waals surface area contributed by atoms with Crippen LogP contribution in [-0.2, 0) is 17.8 Å². The fourth-order valence-corrected chi connectivity index (χ4v) is 2.19. The van der Waals surface area contributed by atoms with Crippen molar-refractivity contribution < 1.29 is 4.79 Å². The Bertz CT molecular complexity index is 373. The number of benzene rings is 1. The van der Waals surface area contributed by atoms with Crippen LogP contribution in [0.2, 0.25) is 0 Å². The fourth-order valence-electron chi connectivity index (χ4n) is 2.19. The lowest BCUT2D eigenvalue weighted by Crippen LogP contribution is -2.33. The number of fused-ring (bicyclic) bond motifs is 1. The summed E-state index contributed by atoms with van der Waals surface area (Å²) in [5, 5.41) is 0. The molecule has 0 fully saturated rings. The van der Waals surface area contributed by atoms with E-state index in [2.05, 4.69) is 18.2 Å². The molecule has 2 heteroatoms. The summed E-state index contributed by atoms with van der Waals surface area (Å²) in [4.78, 5) is 13.9. The van der Waals surface area contributed by atoms with E-state index in [9.17, 15) is 4.79 Å². The smallest absolute Gasteiger partial charge is 0.226 e.